The number of anilines is 3. The Labute approximate surface area is 154 Å². The van der Waals surface area contributed by atoms with Crippen LogP contribution in [0.4, 0.5) is 22.0 Å². The topological polar surface area (TPSA) is 124 Å². The molecule has 1 aliphatic rings. The molecule has 5 N–H and O–H groups in total. The van der Waals surface area contributed by atoms with Crippen LogP contribution in [0.25, 0.3) is 11.3 Å². The van der Waals surface area contributed by atoms with E-state index in [0.717, 1.165) is 16.2 Å². The predicted molar refractivity (Wildman–Crippen MR) is 101 cm³/mol. The van der Waals surface area contributed by atoms with Gasteiger partial charge in [0, 0.05) is 23.1 Å². The van der Waals surface area contributed by atoms with Crippen LogP contribution in [-0.2, 0) is 6.54 Å². The van der Waals surface area contributed by atoms with Gasteiger partial charge in [-0.1, -0.05) is 18.2 Å². The molecule has 8 nitrogen and oxygen atoms in total. The van der Waals surface area contributed by atoms with Crippen LogP contribution in [0.1, 0.15) is 16.1 Å². The van der Waals surface area contributed by atoms with E-state index in [1.165, 1.54) is 0 Å². The highest BCUT2D eigenvalue weighted by Gasteiger charge is 2.32. The minimum atomic E-state index is -1.13. The molecule has 3 heterocycles. The largest absolute Gasteiger partial charge is 0.465 e. The third-order valence-corrected chi connectivity index (χ3v) is 4.42. The number of aromatic nitrogens is 2. The molecule has 0 radical (unpaired) electrons. The number of ketones is 1. The number of amides is 1. The van der Waals surface area contributed by atoms with Crippen LogP contribution in [0.3, 0.4) is 0 Å². The lowest BCUT2D eigenvalue weighted by molar-refractivity contribution is 0.0874. The number of aromatic amines is 1. The Morgan fingerprint density at radius 3 is 2.70 bits per heavy atom. The van der Waals surface area contributed by atoms with Gasteiger partial charge in [0.25, 0.3) is 0 Å². The Bertz CT molecular complexity index is 1030. The number of carbonyl (C=O) groups excluding carboxylic acids is 1. The molecular weight excluding hydrogens is 346 g/mol. The summed E-state index contributed by atoms with van der Waals surface area (Å²) in [5, 5.41) is 12.6. The Morgan fingerprint density at radius 1 is 1.22 bits per heavy atom. The molecule has 0 aliphatic carbocycles. The zero-order chi connectivity index (χ0) is 19.0. The second-order valence-electron chi connectivity index (χ2n) is 6.25. The highest BCUT2D eigenvalue weighted by Crippen LogP contribution is 2.38. The van der Waals surface area contributed by atoms with E-state index in [1.807, 2.05) is 30.3 Å². The molecule has 136 valence electrons. The highest BCUT2D eigenvalue weighted by atomic mass is 16.4. The van der Waals surface area contributed by atoms with Crippen molar-refractivity contribution >= 4 is 29.1 Å². The molecule has 1 amide bonds. The van der Waals surface area contributed by atoms with Crippen molar-refractivity contribution in [2.45, 2.75) is 6.54 Å². The fourth-order valence-electron chi connectivity index (χ4n) is 3.22. The first-order valence-corrected chi connectivity index (χ1v) is 8.33. The van der Waals surface area contributed by atoms with Gasteiger partial charge in [-0.15, -0.1) is 0 Å². The number of hydrogen-bond acceptors (Lipinski definition) is 5. The van der Waals surface area contributed by atoms with Crippen molar-refractivity contribution in [1.82, 2.24) is 14.9 Å². The van der Waals surface area contributed by atoms with Crippen LogP contribution in [0.2, 0.25) is 0 Å². The fourth-order valence-corrected chi connectivity index (χ4v) is 3.22. The third-order valence-electron chi connectivity index (χ3n) is 4.42. The van der Waals surface area contributed by atoms with Gasteiger partial charge >= 0.3 is 6.09 Å². The standard InChI is InChI=1S/C19H17N5O3/c20-15-8-11(6-7-21-15)17-18(22-12-4-2-1-3-5-12)16-13(23-17)9-24(19(26)27)10-14(16)25/h1-8,22-23H,9-10H2,(H2,20,21)(H,26,27). The molecule has 27 heavy (non-hydrogen) atoms. The number of carbonyl (C=O) groups is 2. The summed E-state index contributed by atoms with van der Waals surface area (Å²) in [5.41, 5.74) is 9.68. The lowest BCUT2D eigenvalue weighted by Crippen LogP contribution is -2.38. The summed E-state index contributed by atoms with van der Waals surface area (Å²) >= 11 is 0. The van der Waals surface area contributed by atoms with Crippen molar-refractivity contribution in [2.75, 3.05) is 17.6 Å². The number of fused-ring (bicyclic) bond motifs is 1. The number of carboxylic acid groups (broad SMARTS) is 1. The Hall–Kier alpha value is -3.81. The number of H-pyrrole nitrogens is 1. The molecule has 1 aromatic carbocycles. The first-order valence-electron chi connectivity index (χ1n) is 8.33. The number of nitrogens with zero attached hydrogens (tertiary/aromatic N) is 2. The number of Topliss-reactive ketones (excluding diaryl/α,β-unsaturated/α-hetero) is 1. The van der Waals surface area contributed by atoms with Crippen molar-refractivity contribution in [2.24, 2.45) is 0 Å². The van der Waals surface area contributed by atoms with E-state index < -0.39 is 6.09 Å². The molecule has 0 atom stereocenters. The SMILES string of the molecule is Nc1cc(-c2[nH]c3c(c2Nc2ccccc2)C(=O)CN(C(=O)O)C3)ccn1. The zero-order valence-corrected chi connectivity index (χ0v) is 14.3. The van der Waals surface area contributed by atoms with E-state index >= 15 is 0 Å². The summed E-state index contributed by atoms with van der Waals surface area (Å²) in [5.74, 6) is 0.0887. The van der Waals surface area contributed by atoms with Gasteiger partial charge in [-0.25, -0.2) is 9.78 Å². The molecule has 3 aromatic rings. The fraction of sp³-hybridized carbons (Fsp3) is 0.105. The van der Waals surface area contributed by atoms with E-state index in [-0.39, 0.29) is 18.9 Å². The van der Waals surface area contributed by atoms with Crippen molar-refractivity contribution < 1.29 is 14.7 Å². The van der Waals surface area contributed by atoms with E-state index in [0.29, 0.717) is 28.5 Å². The number of para-hydroxylation sites is 1. The van der Waals surface area contributed by atoms with Gasteiger partial charge in [-0.3, -0.25) is 9.69 Å². The third kappa shape index (κ3) is 3.08. The van der Waals surface area contributed by atoms with Crippen LogP contribution >= 0.6 is 0 Å². The quantitative estimate of drug-likeness (QED) is 0.567. The van der Waals surface area contributed by atoms with Crippen molar-refractivity contribution in [3.05, 3.63) is 59.9 Å². The van der Waals surface area contributed by atoms with Gasteiger partial charge in [0.1, 0.15) is 5.82 Å². The van der Waals surface area contributed by atoms with Crippen LogP contribution in [0.5, 0.6) is 0 Å². The molecule has 8 heteroatoms. The molecule has 1 aliphatic heterocycles. The normalized spacial score (nSPS) is 13.3. The molecule has 0 fully saturated rings. The van der Waals surface area contributed by atoms with Crippen LogP contribution < -0.4 is 11.1 Å². The van der Waals surface area contributed by atoms with E-state index in [2.05, 4.69) is 15.3 Å². The number of hydrogen-bond donors (Lipinski definition) is 4. The number of benzene rings is 1. The maximum atomic E-state index is 12.7. The Kier molecular flexibility index (Phi) is 4.00. The minimum Gasteiger partial charge on any atom is -0.465 e. The average Bonchev–Trinajstić information content (AvgIpc) is 3.01. The number of nitrogen functional groups attached to an aromatic ring is 1. The molecule has 2 aromatic heterocycles. The molecule has 0 saturated heterocycles. The van der Waals surface area contributed by atoms with E-state index in [1.54, 1.807) is 18.3 Å². The molecule has 0 spiro atoms. The van der Waals surface area contributed by atoms with Crippen molar-refractivity contribution in [3.8, 4) is 11.3 Å². The summed E-state index contributed by atoms with van der Waals surface area (Å²) in [6.07, 6.45) is 0.457. The summed E-state index contributed by atoms with van der Waals surface area (Å²) in [4.78, 5) is 32.3. The number of pyridine rings is 1. The molecular formula is C19H17N5O3. The van der Waals surface area contributed by atoms with Gasteiger partial charge in [-0.2, -0.15) is 0 Å². The summed E-state index contributed by atoms with van der Waals surface area (Å²) in [6, 6.07) is 12.9. The molecule has 0 saturated carbocycles. The first kappa shape index (κ1) is 16.6. The number of nitrogens with two attached hydrogens (primary N) is 1. The van der Waals surface area contributed by atoms with Crippen LogP contribution in [0, 0.1) is 0 Å². The van der Waals surface area contributed by atoms with E-state index in [9.17, 15) is 14.7 Å². The van der Waals surface area contributed by atoms with Gasteiger partial charge in [0.15, 0.2) is 5.78 Å². The predicted octanol–water partition coefficient (Wildman–Crippen LogP) is 3.08. The summed E-state index contributed by atoms with van der Waals surface area (Å²) in [7, 11) is 0. The highest BCUT2D eigenvalue weighted by molar-refractivity contribution is 6.09. The molecule has 4 rings (SSSR count). The van der Waals surface area contributed by atoms with Gasteiger partial charge in [-0.05, 0) is 24.3 Å². The molecule has 0 bridgehead atoms. The Balaban J connectivity index is 1.86. The van der Waals surface area contributed by atoms with Crippen LogP contribution in [0.15, 0.2) is 48.7 Å². The van der Waals surface area contributed by atoms with Crippen LogP contribution in [-0.4, -0.2) is 38.4 Å². The maximum Gasteiger partial charge on any atom is 0.408 e. The Morgan fingerprint density at radius 2 is 2.00 bits per heavy atom. The number of nitrogens with one attached hydrogen (secondary N) is 2. The maximum absolute atomic E-state index is 12.7. The summed E-state index contributed by atoms with van der Waals surface area (Å²) in [6.45, 7) is -0.0674. The second-order valence-corrected chi connectivity index (χ2v) is 6.25. The second kappa shape index (κ2) is 6.49. The van der Waals surface area contributed by atoms with Crippen molar-refractivity contribution in [1.29, 1.82) is 0 Å². The number of rotatable bonds is 3. The van der Waals surface area contributed by atoms with E-state index in [4.69, 9.17) is 5.73 Å². The first-order chi connectivity index (χ1) is 13.0. The van der Waals surface area contributed by atoms with Gasteiger partial charge in [0.2, 0.25) is 0 Å². The zero-order valence-electron chi connectivity index (χ0n) is 14.3. The smallest absolute Gasteiger partial charge is 0.408 e. The van der Waals surface area contributed by atoms with Gasteiger partial charge in [0.05, 0.1) is 30.0 Å². The minimum absolute atomic E-state index is 0.112. The average molecular weight is 363 g/mol. The van der Waals surface area contributed by atoms with Gasteiger partial charge < -0.3 is 21.1 Å². The summed E-state index contributed by atoms with van der Waals surface area (Å²) < 4.78 is 0. The molecule has 0 unspecified atom stereocenters. The lowest BCUT2D eigenvalue weighted by atomic mass is 10.0. The monoisotopic (exact) mass is 363 g/mol. The van der Waals surface area contributed by atoms with Crippen molar-refractivity contribution in [3.63, 3.8) is 0 Å². The lowest BCUT2D eigenvalue weighted by Gasteiger charge is -2.23.